The minimum Gasteiger partial charge on any atom is -0.373 e. The van der Waals surface area contributed by atoms with Crippen LogP contribution in [0.15, 0.2) is 54.6 Å². The summed E-state index contributed by atoms with van der Waals surface area (Å²) in [5, 5.41) is 18.3. The van der Waals surface area contributed by atoms with Crippen LogP contribution in [0.2, 0.25) is 10.0 Å². The molecule has 0 bridgehead atoms. The standard InChI is InChI=1S/C26H31Cl2N5/c1-25(2,3)23(15-13-19-12-14-20(27)18-22(19)28)33-24(30-31-32-33)26(16-8-5-9-17-26)29-21-10-6-4-7-11-21/h4,6-7,10-15,18,23,29H,5,8-9,16-17H2,1-3H3. The molecular formula is C26H31Cl2N5. The Morgan fingerprint density at radius 1 is 1.03 bits per heavy atom. The molecule has 1 aliphatic rings. The van der Waals surface area contributed by atoms with E-state index in [-0.39, 0.29) is 17.0 Å². The van der Waals surface area contributed by atoms with Crippen LogP contribution in [0.25, 0.3) is 6.08 Å². The summed E-state index contributed by atoms with van der Waals surface area (Å²) < 4.78 is 2.00. The van der Waals surface area contributed by atoms with Crippen LogP contribution in [-0.2, 0) is 5.54 Å². The summed E-state index contributed by atoms with van der Waals surface area (Å²) in [6, 6.07) is 15.8. The van der Waals surface area contributed by atoms with E-state index in [0.29, 0.717) is 10.0 Å². The molecule has 7 heteroatoms. The maximum atomic E-state index is 6.42. The second kappa shape index (κ2) is 9.86. The molecule has 33 heavy (non-hydrogen) atoms. The molecule has 1 heterocycles. The lowest BCUT2D eigenvalue weighted by Gasteiger charge is -2.39. The maximum absolute atomic E-state index is 6.42. The van der Waals surface area contributed by atoms with E-state index >= 15 is 0 Å². The van der Waals surface area contributed by atoms with Gasteiger partial charge in [0.2, 0.25) is 0 Å². The zero-order chi connectivity index (χ0) is 23.5. The third-order valence-electron chi connectivity index (χ3n) is 6.36. The van der Waals surface area contributed by atoms with Crippen molar-refractivity contribution in [2.45, 2.75) is 64.5 Å². The summed E-state index contributed by atoms with van der Waals surface area (Å²) >= 11 is 12.5. The van der Waals surface area contributed by atoms with Crippen molar-refractivity contribution >= 4 is 35.0 Å². The molecule has 1 N–H and O–H groups in total. The number of nitrogens with one attached hydrogen (secondary N) is 1. The summed E-state index contributed by atoms with van der Waals surface area (Å²) in [7, 11) is 0. The lowest BCUT2D eigenvalue weighted by Crippen LogP contribution is -2.42. The zero-order valence-corrected chi connectivity index (χ0v) is 20.9. The molecule has 1 aliphatic carbocycles. The van der Waals surface area contributed by atoms with Gasteiger partial charge in [0.15, 0.2) is 5.82 Å². The van der Waals surface area contributed by atoms with Gasteiger partial charge in [0.05, 0.1) is 11.6 Å². The number of nitrogens with zero attached hydrogens (tertiary/aromatic N) is 4. The molecule has 4 rings (SSSR count). The Kier molecular flexibility index (Phi) is 7.10. The summed E-state index contributed by atoms with van der Waals surface area (Å²) in [5.41, 5.74) is 1.57. The fourth-order valence-corrected chi connectivity index (χ4v) is 5.09. The fraction of sp³-hybridized carbons (Fsp3) is 0.423. The Bertz CT molecular complexity index is 1100. The van der Waals surface area contributed by atoms with Crippen molar-refractivity contribution < 1.29 is 0 Å². The third-order valence-corrected chi connectivity index (χ3v) is 6.92. The van der Waals surface area contributed by atoms with Gasteiger partial charge in [0.25, 0.3) is 0 Å². The Balaban J connectivity index is 1.74. The number of hydrogen-bond acceptors (Lipinski definition) is 4. The lowest BCUT2D eigenvalue weighted by molar-refractivity contribution is 0.237. The topological polar surface area (TPSA) is 55.6 Å². The van der Waals surface area contributed by atoms with Crippen molar-refractivity contribution in [2.24, 2.45) is 5.41 Å². The van der Waals surface area contributed by atoms with Gasteiger partial charge in [-0.05, 0) is 58.5 Å². The molecule has 3 aromatic rings. The monoisotopic (exact) mass is 483 g/mol. The predicted molar refractivity (Wildman–Crippen MR) is 137 cm³/mol. The maximum Gasteiger partial charge on any atom is 0.177 e. The van der Waals surface area contributed by atoms with E-state index in [2.05, 4.69) is 72.0 Å². The quantitative estimate of drug-likeness (QED) is 0.392. The Morgan fingerprint density at radius 2 is 1.76 bits per heavy atom. The Morgan fingerprint density at radius 3 is 2.42 bits per heavy atom. The van der Waals surface area contributed by atoms with Crippen molar-refractivity contribution in [3.05, 3.63) is 76.0 Å². The molecule has 1 unspecified atom stereocenters. The van der Waals surface area contributed by atoms with E-state index in [4.69, 9.17) is 23.2 Å². The SMILES string of the molecule is CC(C)(C)C(C=Cc1ccc(Cl)cc1Cl)n1nnnc1C1(Nc2ccccc2)CCCCC1. The number of halogens is 2. The summed E-state index contributed by atoms with van der Waals surface area (Å²) in [5.74, 6) is 0.887. The van der Waals surface area contributed by atoms with Gasteiger partial charge >= 0.3 is 0 Å². The highest BCUT2D eigenvalue weighted by atomic mass is 35.5. The normalized spacial score (nSPS) is 17.2. The molecule has 0 radical (unpaired) electrons. The molecule has 0 aliphatic heterocycles. The van der Waals surface area contributed by atoms with Crippen molar-refractivity contribution in [1.82, 2.24) is 20.2 Å². The molecule has 0 spiro atoms. The van der Waals surface area contributed by atoms with Gasteiger partial charge in [0, 0.05) is 15.7 Å². The average Bonchev–Trinajstić information content (AvgIpc) is 3.26. The van der Waals surface area contributed by atoms with Crippen LogP contribution in [0.1, 0.15) is 70.3 Å². The van der Waals surface area contributed by atoms with E-state index in [1.807, 2.05) is 29.0 Å². The molecule has 1 saturated carbocycles. The minimum atomic E-state index is -0.307. The molecule has 5 nitrogen and oxygen atoms in total. The summed E-state index contributed by atoms with van der Waals surface area (Å²) in [6.07, 6.45) is 9.69. The van der Waals surface area contributed by atoms with Crippen LogP contribution in [0.5, 0.6) is 0 Å². The summed E-state index contributed by atoms with van der Waals surface area (Å²) in [4.78, 5) is 0. The first-order valence-corrected chi connectivity index (χ1v) is 12.3. The Labute approximate surface area is 206 Å². The average molecular weight is 484 g/mol. The van der Waals surface area contributed by atoms with E-state index in [1.165, 1.54) is 6.42 Å². The van der Waals surface area contributed by atoms with Gasteiger partial charge in [-0.15, -0.1) is 5.10 Å². The summed E-state index contributed by atoms with van der Waals surface area (Å²) in [6.45, 7) is 6.61. The number of allylic oxidation sites excluding steroid dienone is 1. The van der Waals surface area contributed by atoms with Crippen LogP contribution in [-0.4, -0.2) is 20.2 Å². The van der Waals surface area contributed by atoms with Crippen LogP contribution in [0.3, 0.4) is 0 Å². The molecule has 0 saturated heterocycles. The second-order valence-corrected chi connectivity index (χ2v) is 10.8. The molecule has 1 fully saturated rings. The van der Waals surface area contributed by atoms with Gasteiger partial charge in [-0.2, -0.15) is 0 Å². The second-order valence-electron chi connectivity index (χ2n) is 9.92. The van der Waals surface area contributed by atoms with E-state index in [1.54, 1.807) is 6.07 Å². The van der Waals surface area contributed by atoms with Gasteiger partial charge in [-0.25, -0.2) is 4.68 Å². The zero-order valence-electron chi connectivity index (χ0n) is 19.4. The van der Waals surface area contributed by atoms with Gasteiger partial charge < -0.3 is 5.32 Å². The van der Waals surface area contributed by atoms with Crippen molar-refractivity contribution in [3.8, 4) is 0 Å². The number of aromatic nitrogens is 4. The van der Waals surface area contributed by atoms with Crippen LogP contribution < -0.4 is 5.32 Å². The first kappa shape index (κ1) is 23.8. The number of tetrazole rings is 1. The Hall–Kier alpha value is -2.37. The van der Waals surface area contributed by atoms with Crippen molar-refractivity contribution in [3.63, 3.8) is 0 Å². The lowest BCUT2D eigenvalue weighted by atomic mass is 9.79. The predicted octanol–water partition coefficient (Wildman–Crippen LogP) is 7.55. The van der Waals surface area contributed by atoms with Gasteiger partial charge in [-0.3, -0.25) is 0 Å². The van der Waals surface area contributed by atoms with Crippen molar-refractivity contribution in [2.75, 3.05) is 5.32 Å². The van der Waals surface area contributed by atoms with Gasteiger partial charge in [0.1, 0.15) is 0 Å². The third kappa shape index (κ3) is 5.42. The number of benzene rings is 2. The molecule has 1 aromatic heterocycles. The van der Waals surface area contributed by atoms with Crippen molar-refractivity contribution in [1.29, 1.82) is 0 Å². The molecule has 1 atom stereocenters. The molecule has 2 aromatic carbocycles. The highest BCUT2D eigenvalue weighted by molar-refractivity contribution is 6.35. The van der Waals surface area contributed by atoms with Crippen LogP contribution >= 0.6 is 23.2 Å². The number of para-hydroxylation sites is 1. The number of hydrogen-bond donors (Lipinski definition) is 1. The highest BCUT2D eigenvalue weighted by Crippen LogP contribution is 2.42. The largest absolute Gasteiger partial charge is 0.373 e. The molecule has 174 valence electrons. The van der Waals surface area contributed by atoms with Crippen LogP contribution in [0.4, 0.5) is 5.69 Å². The van der Waals surface area contributed by atoms with Crippen LogP contribution in [0, 0.1) is 5.41 Å². The molecular weight excluding hydrogens is 453 g/mol. The van der Waals surface area contributed by atoms with E-state index in [9.17, 15) is 0 Å². The first-order valence-electron chi connectivity index (χ1n) is 11.5. The van der Waals surface area contributed by atoms with E-state index < -0.39 is 0 Å². The van der Waals surface area contributed by atoms with E-state index in [0.717, 1.165) is 42.8 Å². The molecule has 0 amide bonds. The fourth-order valence-electron chi connectivity index (χ4n) is 4.62. The number of anilines is 1. The highest BCUT2D eigenvalue weighted by Gasteiger charge is 2.41. The number of rotatable bonds is 6. The first-order chi connectivity index (χ1) is 15.8. The van der Waals surface area contributed by atoms with Gasteiger partial charge in [-0.1, -0.05) is 99.7 Å². The minimum absolute atomic E-state index is 0.0642. The smallest absolute Gasteiger partial charge is 0.177 e.